The maximum Gasteiger partial charge on any atom is 0.389 e. The van der Waals surface area contributed by atoms with Gasteiger partial charge in [-0.15, -0.1) is 0 Å². The molecule has 6 heteroatoms. The third-order valence-corrected chi connectivity index (χ3v) is 2.81. The van der Waals surface area contributed by atoms with Gasteiger partial charge in [0.15, 0.2) is 0 Å². The summed E-state index contributed by atoms with van der Waals surface area (Å²) in [6, 6.07) is 0.560. The summed E-state index contributed by atoms with van der Waals surface area (Å²) in [5.74, 6) is 0. The molecule has 0 radical (unpaired) electrons. The SMILES string of the molecule is FC(F)(F)CCCNCc1cncn1C1CC1. The maximum absolute atomic E-state index is 11.9. The van der Waals surface area contributed by atoms with Gasteiger partial charge >= 0.3 is 6.18 Å². The number of nitrogens with one attached hydrogen (secondary N) is 1. The molecule has 1 saturated carbocycles. The fraction of sp³-hybridized carbons (Fsp3) is 0.727. The molecule has 0 saturated heterocycles. The van der Waals surface area contributed by atoms with Crippen LogP contribution < -0.4 is 5.32 Å². The number of hydrogen-bond donors (Lipinski definition) is 1. The Balaban J connectivity index is 1.66. The van der Waals surface area contributed by atoms with Crippen LogP contribution in [0.5, 0.6) is 0 Å². The first-order valence-electron chi connectivity index (χ1n) is 5.84. The predicted octanol–water partition coefficient (Wildman–Crippen LogP) is 2.65. The predicted molar refractivity (Wildman–Crippen MR) is 57.5 cm³/mol. The number of alkyl halides is 3. The highest BCUT2D eigenvalue weighted by atomic mass is 19.4. The molecule has 1 aliphatic carbocycles. The molecule has 0 aliphatic heterocycles. The van der Waals surface area contributed by atoms with Crippen LogP contribution in [0.3, 0.4) is 0 Å². The molecule has 1 aromatic heterocycles. The van der Waals surface area contributed by atoms with Crippen molar-refractivity contribution in [1.29, 1.82) is 0 Å². The lowest BCUT2D eigenvalue weighted by molar-refractivity contribution is -0.135. The number of rotatable bonds is 6. The van der Waals surface area contributed by atoms with Gasteiger partial charge in [0, 0.05) is 25.2 Å². The van der Waals surface area contributed by atoms with Crippen LogP contribution in [0.15, 0.2) is 12.5 Å². The lowest BCUT2D eigenvalue weighted by Crippen LogP contribution is -2.19. The molecule has 1 N–H and O–H groups in total. The average molecular weight is 247 g/mol. The first-order valence-corrected chi connectivity index (χ1v) is 5.84. The van der Waals surface area contributed by atoms with E-state index in [2.05, 4.69) is 14.9 Å². The second-order valence-electron chi connectivity index (χ2n) is 4.42. The zero-order valence-corrected chi connectivity index (χ0v) is 9.50. The van der Waals surface area contributed by atoms with E-state index in [0.717, 1.165) is 5.69 Å². The van der Waals surface area contributed by atoms with Gasteiger partial charge in [0.05, 0.1) is 12.0 Å². The van der Waals surface area contributed by atoms with Gasteiger partial charge in [-0.05, 0) is 25.8 Å². The van der Waals surface area contributed by atoms with Gasteiger partial charge in [-0.25, -0.2) is 4.98 Å². The quantitative estimate of drug-likeness (QED) is 0.783. The molecular weight excluding hydrogens is 231 g/mol. The summed E-state index contributed by atoms with van der Waals surface area (Å²) in [7, 11) is 0. The summed E-state index contributed by atoms with van der Waals surface area (Å²) in [4.78, 5) is 4.06. The van der Waals surface area contributed by atoms with Crippen LogP contribution in [0.4, 0.5) is 13.2 Å². The van der Waals surface area contributed by atoms with Gasteiger partial charge < -0.3 is 9.88 Å². The van der Waals surface area contributed by atoms with Gasteiger partial charge in [-0.2, -0.15) is 13.2 Å². The molecule has 0 aromatic carbocycles. The van der Waals surface area contributed by atoms with Crippen molar-refractivity contribution in [3.05, 3.63) is 18.2 Å². The molecule has 0 bridgehead atoms. The Kier molecular flexibility index (Phi) is 3.71. The molecule has 17 heavy (non-hydrogen) atoms. The summed E-state index contributed by atoms with van der Waals surface area (Å²) in [5, 5.41) is 3.02. The van der Waals surface area contributed by atoms with E-state index in [9.17, 15) is 13.2 Å². The fourth-order valence-electron chi connectivity index (χ4n) is 1.78. The minimum Gasteiger partial charge on any atom is -0.330 e. The van der Waals surface area contributed by atoms with Crippen LogP contribution in [0.2, 0.25) is 0 Å². The van der Waals surface area contributed by atoms with Gasteiger partial charge in [0.25, 0.3) is 0 Å². The minimum absolute atomic E-state index is 0.126. The van der Waals surface area contributed by atoms with E-state index in [1.165, 1.54) is 12.8 Å². The van der Waals surface area contributed by atoms with Crippen molar-refractivity contribution in [3.8, 4) is 0 Å². The summed E-state index contributed by atoms with van der Waals surface area (Å²) in [6.45, 7) is 0.976. The highest BCUT2D eigenvalue weighted by molar-refractivity contribution is 5.03. The van der Waals surface area contributed by atoms with Crippen LogP contribution in [0.1, 0.15) is 37.4 Å². The highest BCUT2D eigenvalue weighted by Gasteiger charge is 2.26. The van der Waals surface area contributed by atoms with Crippen molar-refractivity contribution in [2.75, 3.05) is 6.54 Å². The second-order valence-corrected chi connectivity index (χ2v) is 4.42. The number of hydrogen-bond acceptors (Lipinski definition) is 2. The van der Waals surface area contributed by atoms with Crippen LogP contribution in [-0.4, -0.2) is 22.3 Å². The standard InChI is InChI=1S/C11H16F3N3/c12-11(13,14)4-1-5-15-6-10-7-16-8-17(10)9-2-3-9/h7-9,15H,1-6H2. The molecule has 1 fully saturated rings. The number of nitrogens with zero attached hydrogens (tertiary/aromatic N) is 2. The lowest BCUT2D eigenvalue weighted by atomic mass is 10.3. The Morgan fingerprint density at radius 2 is 2.18 bits per heavy atom. The monoisotopic (exact) mass is 247 g/mol. The first kappa shape index (κ1) is 12.4. The summed E-state index contributed by atoms with van der Waals surface area (Å²) >= 11 is 0. The molecular formula is C11H16F3N3. The van der Waals surface area contributed by atoms with Gasteiger partial charge in [0.1, 0.15) is 0 Å². The molecule has 1 aromatic rings. The average Bonchev–Trinajstić information content (AvgIpc) is 2.97. The Hall–Kier alpha value is -1.04. The Morgan fingerprint density at radius 3 is 2.82 bits per heavy atom. The largest absolute Gasteiger partial charge is 0.389 e. The molecule has 96 valence electrons. The third kappa shape index (κ3) is 4.03. The highest BCUT2D eigenvalue weighted by Crippen LogP contribution is 2.35. The lowest BCUT2D eigenvalue weighted by Gasteiger charge is -2.09. The summed E-state index contributed by atoms with van der Waals surface area (Å²) in [5.41, 5.74) is 1.06. The zero-order valence-electron chi connectivity index (χ0n) is 9.50. The fourth-order valence-corrected chi connectivity index (χ4v) is 1.78. The topological polar surface area (TPSA) is 29.9 Å². The Morgan fingerprint density at radius 1 is 1.41 bits per heavy atom. The molecule has 0 amide bonds. The molecule has 2 rings (SSSR count). The number of aromatic nitrogens is 2. The molecule has 0 spiro atoms. The molecule has 0 atom stereocenters. The van der Waals surface area contributed by atoms with Crippen molar-refractivity contribution in [1.82, 2.24) is 14.9 Å². The maximum atomic E-state index is 11.9. The van der Waals surface area contributed by atoms with Crippen molar-refractivity contribution in [2.45, 2.75) is 44.4 Å². The van der Waals surface area contributed by atoms with E-state index in [-0.39, 0.29) is 6.42 Å². The second kappa shape index (κ2) is 5.08. The number of halogens is 3. The number of imidazole rings is 1. The van der Waals surface area contributed by atoms with Gasteiger partial charge in [0.2, 0.25) is 0 Å². The van der Waals surface area contributed by atoms with Crippen molar-refractivity contribution in [3.63, 3.8) is 0 Å². The van der Waals surface area contributed by atoms with Crippen molar-refractivity contribution >= 4 is 0 Å². The molecule has 3 nitrogen and oxygen atoms in total. The summed E-state index contributed by atoms with van der Waals surface area (Å²) in [6.07, 6.45) is 1.29. The van der Waals surface area contributed by atoms with Gasteiger partial charge in [-0.1, -0.05) is 0 Å². The van der Waals surface area contributed by atoms with Crippen LogP contribution in [-0.2, 0) is 6.54 Å². The summed E-state index contributed by atoms with van der Waals surface area (Å²) < 4.78 is 37.8. The van der Waals surface area contributed by atoms with E-state index >= 15 is 0 Å². The normalized spacial score (nSPS) is 16.4. The van der Waals surface area contributed by atoms with E-state index in [0.29, 0.717) is 19.1 Å². The van der Waals surface area contributed by atoms with Crippen LogP contribution in [0, 0.1) is 0 Å². The Labute approximate surface area is 98.0 Å². The van der Waals surface area contributed by atoms with Crippen molar-refractivity contribution < 1.29 is 13.2 Å². The van der Waals surface area contributed by atoms with Crippen molar-refractivity contribution in [2.24, 2.45) is 0 Å². The molecule has 0 unspecified atom stereocenters. The van der Waals surface area contributed by atoms with Crippen LogP contribution in [0.25, 0.3) is 0 Å². The zero-order chi connectivity index (χ0) is 12.3. The third-order valence-electron chi connectivity index (χ3n) is 2.81. The van der Waals surface area contributed by atoms with E-state index in [1.807, 2.05) is 0 Å². The van der Waals surface area contributed by atoms with E-state index < -0.39 is 12.6 Å². The first-order chi connectivity index (χ1) is 8.06. The Bertz CT molecular complexity index is 355. The van der Waals surface area contributed by atoms with Crippen LogP contribution >= 0.6 is 0 Å². The smallest absolute Gasteiger partial charge is 0.330 e. The van der Waals surface area contributed by atoms with Gasteiger partial charge in [-0.3, -0.25) is 0 Å². The molecule has 1 aliphatic rings. The van der Waals surface area contributed by atoms with E-state index in [1.54, 1.807) is 12.5 Å². The molecule has 1 heterocycles. The minimum atomic E-state index is -4.04. The van der Waals surface area contributed by atoms with E-state index in [4.69, 9.17) is 0 Å².